The molecule has 36 heavy (non-hydrogen) atoms. The molecule has 2 N–H and O–H groups in total. The number of hydrogen-bond acceptors (Lipinski definition) is 5. The molecule has 3 aromatic rings. The second kappa shape index (κ2) is 12.1. The molecule has 0 bridgehead atoms. The molecule has 1 aromatic heterocycles. The Hall–Kier alpha value is -4.07. The molecule has 8 heteroatoms. The standard InChI is InChI=1S/C28H31N3O5/c1-35-23-16-14-22(15-17-23)31(25(32)19-29-27(33)24-13-8-18-36-24)26(20-9-4-2-5-10-20)28(34)30-21-11-6-3-7-12-21/h2,4-5,8-10,13-18,21,26H,3,6-7,11-12,19H2,1H3,(H,29,33)(H,30,34). The predicted molar refractivity (Wildman–Crippen MR) is 136 cm³/mol. The van der Waals surface area contributed by atoms with Gasteiger partial charge >= 0.3 is 0 Å². The average molecular weight is 490 g/mol. The van der Waals surface area contributed by atoms with E-state index in [4.69, 9.17) is 9.15 Å². The Morgan fingerprint density at radius 3 is 2.33 bits per heavy atom. The molecule has 2 aromatic carbocycles. The highest BCUT2D eigenvalue weighted by atomic mass is 16.5. The zero-order valence-corrected chi connectivity index (χ0v) is 20.3. The van der Waals surface area contributed by atoms with Gasteiger partial charge in [-0.15, -0.1) is 0 Å². The van der Waals surface area contributed by atoms with Crippen LogP contribution in [0.2, 0.25) is 0 Å². The van der Waals surface area contributed by atoms with Crippen molar-refractivity contribution in [2.75, 3.05) is 18.6 Å². The zero-order chi connectivity index (χ0) is 25.3. The molecular weight excluding hydrogens is 458 g/mol. The number of rotatable bonds is 9. The molecule has 188 valence electrons. The number of nitrogens with zero attached hydrogens (tertiary/aromatic N) is 1. The number of carbonyl (C=O) groups is 3. The number of amides is 3. The maximum absolute atomic E-state index is 13.7. The average Bonchev–Trinajstić information content (AvgIpc) is 3.46. The number of hydrogen-bond donors (Lipinski definition) is 2. The van der Waals surface area contributed by atoms with Gasteiger partial charge < -0.3 is 19.8 Å². The fraction of sp³-hybridized carbons (Fsp3) is 0.321. The number of furan rings is 1. The molecule has 1 fully saturated rings. The molecule has 0 aliphatic heterocycles. The SMILES string of the molecule is COc1ccc(N(C(=O)CNC(=O)c2ccco2)C(C(=O)NC2CCCCC2)c2ccccc2)cc1. The Morgan fingerprint density at radius 1 is 0.972 bits per heavy atom. The molecule has 1 unspecified atom stereocenters. The maximum atomic E-state index is 13.7. The van der Waals surface area contributed by atoms with E-state index in [1.54, 1.807) is 37.4 Å². The van der Waals surface area contributed by atoms with Crippen LogP contribution in [0.1, 0.15) is 54.3 Å². The first-order valence-corrected chi connectivity index (χ1v) is 12.2. The van der Waals surface area contributed by atoms with Crippen molar-refractivity contribution in [3.63, 3.8) is 0 Å². The fourth-order valence-electron chi connectivity index (χ4n) is 4.50. The van der Waals surface area contributed by atoms with E-state index in [1.165, 1.54) is 23.7 Å². The Kier molecular flexibility index (Phi) is 8.39. The van der Waals surface area contributed by atoms with Crippen molar-refractivity contribution < 1.29 is 23.5 Å². The minimum atomic E-state index is -0.922. The van der Waals surface area contributed by atoms with Gasteiger partial charge in [-0.1, -0.05) is 49.6 Å². The minimum Gasteiger partial charge on any atom is -0.497 e. The first-order chi connectivity index (χ1) is 17.6. The first kappa shape index (κ1) is 25.0. The lowest BCUT2D eigenvalue weighted by atomic mass is 9.94. The van der Waals surface area contributed by atoms with Gasteiger partial charge in [0.2, 0.25) is 11.8 Å². The third kappa shape index (κ3) is 6.13. The number of carbonyl (C=O) groups excluding carboxylic acids is 3. The quantitative estimate of drug-likeness (QED) is 0.468. The van der Waals surface area contributed by atoms with E-state index in [9.17, 15) is 14.4 Å². The van der Waals surface area contributed by atoms with Gasteiger partial charge in [0.25, 0.3) is 5.91 Å². The highest BCUT2D eigenvalue weighted by molar-refractivity contribution is 6.04. The van der Waals surface area contributed by atoms with Crippen LogP contribution in [0.15, 0.2) is 77.4 Å². The molecule has 3 amide bonds. The lowest BCUT2D eigenvalue weighted by Gasteiger charge is -2.33. The van der Waals surface area contributed by atoms with E-state index >= 15 is 0 Å². The van der Waals surface area contributed by atoms with Gasteiger partial charge in [0, 0.05) is 11.7 Å². The zero-order valence-electron chi connectivity index (χ0n) is 20.3. The smallest absolute Gasteiger partial charge is 0.287 e. The van der Waals surface area contributed by atoms with Crippen LogP contribution in [-0.4, -0.2) is 37.4 Å². The summed E-state index contributed by atoms with van der Waals surface area (Å²) in [4.78, 5) is 41.3. The molecule has 0 saturated heterocycles. The van der Waals surface area contributed by atoms with Crippen LogP contribution in [0.25, 0.3) is 0 Å². The van der Waals surface area contributed by atoms with Gasteiger partial charge in [-0.2, -0.15) is 0 Å². The van der Waals surface area contributed by atoms with Crippen molar-refractivity contribution in [2.45, 2.75) is 44.2 Å². The van der Waals surface area contributed by atoms with E-state index in [2.05, 4.69) is 10.6 Å². The van der Waals surface area contributed by atoms with Gasteiger partial charge in [0.15, 0.2) is 5.76 Å². The number of methoxy groups -OCH3 is 1. The second-order valence-electron chi connectivity index (χ2n) is 8.78. The van der Waals surface area contributed by atoms with Crippen LogP contribution in [0.3, 0.4) is 0 Å². The number of ether oxygens (including phenoxy) is 1. The normalized spacial score (nSPS) is 14.5. The van der Waals surface area contributed by atoms with E-state index in [1.807, 2.05) is 30.3 Å². The summed E-state index contributed by atoms with van der Waals surface area (Å²) < 4.78 is 10.4. The summed E-state index contributed by atoms with van der Waals surface area (Å²) in [5.74, 6) is -0.470. The third-order valence-electron chi connectivity index (χ3n) is 6.34. The third-order valence-corrected chi connectivity index (χ3v) is 6.34. The number of benzene rings is 2. The predicted octanol–water partition coefficient (Wildman–Crippen LogP) is 4.24. The number of nitrogens with one attached hydrogen (secondary N) is 2. The van der Waals surface area contributed by atoms with E-state index in [-0.39, 0.29) is 24.3 Å². The minimum absolute atomic E-state index is 0.0731. The molecule has 1 aliphatic carbocycles. The molecule has 1 heterocycles. The highest BCUT2D eigenvalue weighted by Crippen LogP contribution is 2.30. The molecule has 4 rings (SSSR count). The van der Waals surface area contributed by atoms with Crippen LogP contribution in [-0.2, 0) is 9.59 Å². The van der Waals surface area contributed by atoms with E-state index in [0.29, 0.717) is 17.0 Å². The summed E-state index contributed by atoms with van der Waals surface area (Å²) >= 11 is 0. The van der Waals surface area contributed by atoms with Crippen molar-refractivity contribution in [1.82, 2.24) is 10.6 Å². The van der Waals surface area contributed by atoms with Gasteiger partial charge in [-0.3, -0.25) is 19.3 Å². The summed E-state index contributed by atoms with van der Waals surface area (Å²) in [6.45, 7) is -0.314. The fourth-order valence-corrected chi connectivity index (χ4v) is 4.50. The van der Waals surface area contributed by atoms with Gasteiger partial charge in [0.05, 0.1) is 19.9 Å². The van der Waals surface area contributed by atoms with E-state index in [0.717, 1.165) is 25.7 Å². The van der Waals surface area contributed by atoms with Gasteiger partial charge in [-0.25, -0.2) is 0 Å². The van der Waals surface area contributed by atoms with Crippen LogP contribution in [0, 0.1) is 0 Å². The molecule has 0 spiro atoms. The lowest BCUT2D eigenvalue weighted by molar-refractivity contribution is -0.127. The topological polar surface area (TPSA) is 101 Å². The van der Waals surface area contributed by atoms with Crippen molar-refractivity contribution >= 4 is 23.4 Å². The Labute approximate surface area is 210 Å². The Morgan fingerprint density at radius 2 is 1.69 bits per heavy atom. The molecule has 0 radical (unpaired) electrons. The Balaban J connectivity index is 1.66. The molecule has 1 saturated carbocycles. The van der Waals surface area contributed by atoms with Crippen LogP contribution < -0.4 is 20.3 Å². The monoisotopic (exact) mass is 489 g/mol. The molecule has 8 nitrogen and oxygen atoms in total. The molecule has 1 aliphatic rings. The van der Waals surface area contributed by atoms with Gasteiger partial charge in [0.1, 0.15) is 11.8 Å². The van der Waals surface area contributed by atoms with Crippen LogP contribution in [0.5, 0.6) is 5.75 Å². The van der Waals surface area contributed by atoms with Crippen molar-refractivity contribution in [3.05, 3.63) is 84.3 Å². The van der Waals surface area contributed by atoms with E-state index < -0.39 is 17.9 Å². The van der Waals surface area contributed by atoms with Crippen molar-refractivity contribution in [1.29, 1.82) is 0 Å². The lowest BCUT2D eigenvalue weighted by Crippen LogP contribution is -2.49. The van der Waals surface area contributed by atoms with Gasteiger partial charge in [-0.05, 0) is 54.8 Å². The van der Waals surface area contributed by atoms with Crippen molar-refractivity contribution in [3.8, 4) is 5.75 Å². The largest absolute Gasteiger partial charge is 0.497 e. The molecule has 1 atom stereocenters. The summed E-state index contributed by atoms with van der Waals surface area (Å²) in [7, 11) is 1.56. The summed E-state index contributed by atoms with van der Waals surface area (Å²) in [6.07, 6.45) is 6.54. The summed E-state index contributed by atoms with van der Waals surface area (Å²) in [5.41, 5.74) is 1.19. The maximum Gasteiger partial charge on any atom is 0.287 e. The summed E-state index contributed by atoms with van der Waals surface area (Å²) in [5, 5.41) is 5.78. The first-order valence-electron chi connectivity index (χ1n) is 12.2. The number of anilines is 1. The second-order valence-corrected chi connectivity index (χ2v) is 8.78. The van der Waals surface area contributed by atoms with Crippen LogP contribution in [0.4, 0.5) is 5.69 Å². The van der Waals surface area contributed by atoms with Crippen LogP contribution >= 0.6 is 0 Å². The molecular formula is C28H31N3O5. The highest BCUT2D eigenvalue weighted by Gasteiger charge is 2.34. The Bertz CT molecular complexity index is 1140. The van der Waals surface area contributed by atoms with Crippen molar-refractivity contribution in [2.24, 2.45) is 0 Å². The summed E-state index contributed by atoms with van der Waals surface area (Å²) in [6, 6.07) is 18.4.